The first-order valence-corrected chi connectivity index (χ1v) is 2.58. The number of aryl methyl sites for hydroxylation is 1. The van der Waals surface area contributed by atoms with Crippen molar-refractivity contribution in [3.63, 3.8) is 0 Å². The zero-order valence-electron chi connectivity index (χ0n) is 4.77. The SMILES string of the molecule is O=CCCn1ncnn1. The van der Waals surface area contributed by atoms with Gasteiger partial charge in [0.1, 0.15) is 6.29 Å². The van der Waals surface area contributed by atoms with E-state index in [1.807, 2.05) is 0 Å². The Labute approximate surface area is 51.7 Å². The Morgan fingerprint density at radius 3 is 3.11 bits per heavy atom. The largest absolute Gasteiger partial charge is 0.303 e. The molecule has 0 saturated carbocycles. The molecular weight excluding hydrogens is 120 g/mol. The smallest absolute Gasteiger partial charge is 0.162 e. The maximum atomic E-state index is 9.81. The average Bonchev–Trinajstić information content (AvgIpc) is 2.34. The van der Waals surface area contributed by atoms with Crippen LogP contribution in [0, 0.1) is 0 Å². The molecule has 0 spiro atoms. The zero-order chi connectivity index (χ0) is 6.53. The van der Waals surface area contributed by atoms with Gasteiger partial charge in [0.2, 0.25) is 0 Å². The number of hydrogen-bond acceptors (Lipinski definition) is 4. The van der Waals surface area contributed by atoms with Crippen LogP contribution in [0.15, 0.2) is 6.33 Å². The van der Waals surface area contributed by atoms with Crippen molar-refractivity contribution in [2.24, 2.45) is 0 Å². The number of carbonyl (C=O) groups is 1. The second kappa shape index (κ2) is 2.91. The van der Waals surface area contributed by atoms with Crippen LogP contribution in [0.4, 0.5) is 0 Å². The van der Waals surface area contributed by atoms with Crippen LogP contribution in [-0.2, 0) is 11.3 Å². The van der Waals surface area contributed by atoms with E-state index < -0.39 is 0 Å². The van der Waals surface area contributed by atoms with Gasteiger partial charge in [-0.15, -0.1) is 10.2 Å². The van der Waals surface area contributed by atoms with Crippen molar-refractivity contribution < 1.29 is 4.79 Å². The molecule has 5 heteroatoms. The minimum absolute atomic E-state index is 0.441. The third kappa shape index (κ3) is 1.60. The maximum absolute atomic E-state index is 9.81. The number of aromatic nitrogens is 4. The highest BCUT2D eigenvalue weighted by atomic mass is 16.1. The van der Waals surface area contributed by atoms with E-state index in [2.05, 4.69) is 15.4 Å². The van der Waals surface area contributed by atoms with Crippen LogP contribution in [0.25, 0.3) is 0 Å². The van der Waals surface area contributed by atoms with E-state index in [1.54, 1.807) is 0 Å². The van der Waals surface area contributed by atoms with Crippen LogP contribution < -0.4 is 0 Å². The molecule has 0 aliphatic rings. The predicted molar refractivity (Wildman–Crippen MR) is 28.5 cm³/mol. The highest BCUT2D eigenvalue weighted by molar-refractivity contribution is 5.48. The van der Waals surface area contributed by atoms with Crippen molar-refractivity contribution in [1.29, 1.82) is 0 Å². The molecule has 5 nitrogen and oxygen atoms in total. The summed E-state index contributed by atoms with van der Waals surface area (Å²) in [5.74, 6) is 0. The fraction of sp³-hybridized carbons (Fsp3) is 0.500. The molecule has 1 heterocycles. The molecule has 48 valence electrons. The standard InChI is InChI=1S/C4H6N4O/c9-3-1-2-8-6-4-5-7-8/h3-4H,1-2H2. The number of tetrazole rings is 1. The van der Waals surface area contributed by atoms with E-state index in [0.29, 0.717) is 13.0 Å². The minimum Gasteiger partial charge on any atom is -0.303 e. The average molecular weight is 126 g/mol. The molecule has 0 fully saturated rings. The topological polar surface area (TPSA) is 60.7 Å². The lowest BCUT2D eigenvalue weighted by Gasteiger charge is -1.88. The van der Waals surface area contributed by atoms with Gasteiger partial charge in [-0.1, -0.05) is 0 Å². The van der Waals surface area contributed by atoms with Gasteiger partial charge in [0.05, 0.1) is 6.54 Å². The van der Waals surface area contributed by atoms with Gasteiger partial charge in [0, 0.05) is 6.42 Å². The third-order valence-corrected chi connectivity index (χ3v) is 0.838. The molecule has 0 N–H and O–H groups in total. The summed E-state index contributed by atoms with van der Waals surface area (Å²) >= 11 is 0. The predicted octanol–water partition coefficient (Wildman–Crippen LogP) is -0.738. The molecule has 0 saturated heterocycles. The summed E-state index contributed by atoms with van der Waals surface area (Å²) in [6.07, 6.45) is 2.60. The van der Waals surface area contributed by atoms with Crippen molar-refractivity contribution in [3.05, 3.63) is 6.33 Å². The van der Waals surface area contributed by atoms with Crippen molar-refractivity contribution in [2.45, 2.75) is 13.0 Å². The van der Waals surface area contributed by atoms with E-state index in [-0.39, 0.29) is 0 Å². The Balaban J connectivity index is 2.38. The van der Waals surface area contributed by atoms with Gasteiger partial charge in [0.15, 0.2) is 6.33 Å². The van der Waals surface area contributed by atoms with Crippen molar-refractivity contribution in [3.8, 4) is 0 Å². The van der Waals surface area contributed by atoms with E-state index in [4.69, 9.17) is 0 Å². The number of nitrogens with zero attached hydrogens (tertiary/aromatic N) is 4. The summed E-state index contributed by atoms with van der Waals surface area (Å²) in [7, 11) is 0. The highest BCUT2D eigenvalue weighted by Gasteiger charge is 1.88. The second-order valence-electron chi connectivity index (χ2n) is 1.49. The Bertz CT molecular complexity index is 171. The lowest BCUT2D eigenvalue weighted by molar-refractivity contribution is -0.108. The Hall–Kier alpha value is -1.26. The van der Waals surface area contributed by atoms with Gasteiger partial charge in [-0.2, -0.15) is 4.80 Å². The van der Waals surface area contributed by atoms with E-state index in [0.717, 1.165) is 6.29 Å². The lowest BCUT2D eigenvalue weighted by atomic mass is 10.5. The molecule has 0 aliphatic carbocycles. The van der Waals surface area contributed by atoms with Crippen molar-refractivity contribution in [2.75, 3.05) is 0 Å². The fourth-order valence-electron chi connectivity index (χ4n) is 0.459. The normalized spacial score (nSPS) is 9.33. The van der Waals surface area contributed by atoms with Crippen LogP contribution in [0.3, 0.4) is 0 Å². The second-order valence-corrected chi connectivity index (χ2v) is 1.49. The molecule has 1 aromatic rings. The number of carbonyl (C=O) groups excluding carboxylic acids is 1. The van der Waals surface area contributed by atoms with Crippen LogP contribution in [-0.4, -0.2) is 26.5 Å². The van der Waals surface area contributed by atoms with Crippen LogP contribution in [0.5, 0.6) is 0 Å². The van der Waals surface area contributed by atoms with Crippen molar-refractivity contribution in [1.82, 2.24) is 20.2 Å². The molecule has 0 radical (unpaired) electrons. The van der Waals surface area contributed by atoms with Crippen LogP contribution >= 0.6 is 0 Å². The lowest BCUT2D eigenvalue weighted by Crippen LogP contribution is -2.02. The summed E-state index contributed by atoms with van der Waals surface area (Å²) < 4.78 is 0. The Kier molecular flexibility index (Phi) is 1.90. The number of hydrogen-bond donors (Lipinski definition) is 0. The van der Waals surface area contributed by atoms with Crippen LogP contribution in [0.2, 0.25) is 0 Å². The van der Waals surface area contributed by atoms with E-state index in [9.17, 15) is 4.79 Å². The molecule has 1 rings (SSSR count). The van der Waals surface area contributed by atoms with E-state index >= 15 is 0 Å². The molecule has 0 aromatic carbocycles. The van der Waals surface area contributed by atoms with Gasteiger partial charge in [-0.05, 0) is 5.21 Å². The molecular formula is C4H6N4O. The third-order valence-electron chi connectivity index (χ3n) is 0.838. The van der Waals surface area contributed by atoms with Gasteiger partial charge >= 0.3 is 0 Å². The summed E-state index contributed by atoms with van der Waals surface area (Å²) in [4.78, 5) is 11.2. The molecule has 9 heavy (non-hydrogen) atoms. The summed E-state index contributed by atoms with van der Waals surface area (Å²) in [5, 5.41) is 10.7. The number of aldehydes is 1. The first-order valence-electron chi connectivity index (χ1n) is 2.58. The van der Waals surface area contributed by atoms with Gasteiger partial charge in [-0.3, -0.25) is 0 Å². The van der Waals surface area contributed by atoms with Gasteiger partial charge < -0.3 is 4.79 Å². The first kappa shape index (κ1) is 5.87. The molecule has 0 aliphatic heterocycles. The molecule has 0 atom stereocenters. The van der Waals surface area contributed by atoms with Gasteiger partial charge in [0.25, 0.3) is 0 Å². The zero-order valence-corrected chi connectivity index (χ0v) is 4.77. The van der Waals surface area contributed by atoms with Gasteiger partial charge in [-0.25, -0.2) is 0 Å². The fourth-order valence-corrected chi connectivity index (χ4v) is 0.459. The monoisotopic (exact) mass is 126 g/mol. The maximum Gasteiger partial charge on any atom is 0.162 e. The molecule has 1 aromatic heterocycles. The Morgan fingerprint density at radius 1 is 1.67 bits per heavy atom. The minimum atomic E-state index is 0.441. The molecule has 0 amide bonds. The summed E-state index contributed by atoms with van der Waals surface area (Å²) in [6, 6.07) is 0. The summed E-state index contributed by atoms with van der Waals surface area (Å²) in [6.45, 7) is 0.517. The van der Waals surface area contributed by atoms with E-state index in [1.165, 1.54) is 11.1 Å². The highest BCUT2D eigenvalue weighted by Crippen LogP contribution is 1.77. The molecule has 0 unspecified atom stereocenters. The van der Waals surface area contributed by atoms with Crippen molar-refractivity contribution >= 4 is 6.29 Å². The first-order chi connectivity index (χ1) is 4.43. The Morgan fingerprint density at radius 2 is 2.56 bits per heavy atom. The summed E-state index contributed by atoms with van der Waals surface area (Å²) in [5.41, 5.74) is 0. The number of rotatable bonds is 3. The van der Waals surface area contributed by atoms with Crippen LogP contribution in [0.1, 0.15) is 6.42 Å². The molecule has 0 bridgehead atoms. The quantitative estimate of drug-likeness (QED) is 0.500.